The molecule has 2 aromatic rings. The monoisotopic (exact) mass is 637 g/mol. The van der Waals surface area contributed by atoms with Gasteiger partial charge in [0, 0.05) is 6.42 Å². The second-order valence-corrected chi connectivity index (χ2v) is 12.9. The highest BCUT2D eigenvalue weighted by molar-refractivity contribution is 7.96. The molecule has 1 unspecified atom stereocenters. The van der Waals surface area contributed by atoms with Crippen molar-refractivity contribution >= 4 is 45.3 Å². The van der Waals surface area contributed by atoms with E-state index in [1.165, 1.54) is 128 Å². The molecule has 0 bridgehead atoms. The first-order valence-electron chi connectivity index (χ1n) is 17.0. The molecule has 43 heavy (non-hydrogen) atoms. The minimum absolute atomic E-state index is 0.141. The van der Waals surface area contributed by atoms with Crippen molar-refractivity contribution in [1.29, 1.82) is 0 Å². The maximum atomic E-state index is 11.1. The van der Waals surface area contributed by atoms with Crippen molar-refractivity contribution in [1.82, 2.24) is 14.8 Å². The van der Waals surface area contributed by atoms with Crippen LogP contribution in [-0.2, 0) is 9.59 Å². The first-order valence-corrected chi connectivity index (χ1v) is 18.3. The minimum atomic E-state index is -1.05. The molecule has 0 aliphatic heterocycles. The molecule has 2 rings (SSSR count). The average molecular weight is 638 g/mol. The summed E-state index contributed by atoms with van der Waals surface area (Å²) < 4.78 is 0.917. The number of aliphatic carboxylic acids is 1. The lowest BCUT2D eigenvalue weighted by molar-refractivity contribution is -0.139. The number of para-hydroxylation sites is 1. The Hall–Kier alpha value is -1.48. The fourth-order valence-electron chi connectivity index (χ4n) is 4.46. The summed E-state index contributed by atoms with van der Waals surface area (Å²) in [6.45, 7) is 21.5. The maximum absolute atomic E-state index is 11.1. The first-order chi connectivity index (χ1) is 20.8. The van der Waals surface area contributed by atoms with Crippen LogP contribution in [0.3, 0.4) is 0 Å². The van der Waals surface area contributed by atoms with Crippen LogP contribution in [0.1, 0.15) is 136 Å². The van der Waals surface area contributed by atoms with Gasteiger partial charge in [-0.05, 0) is 89.9 Å². The Labute approximate surface area is 273 Å². The number of benzene rings is 1. The van der Waals surface area contributed by atoms with E-state index in [2.05, 4.69) is 69.0 Å². The summed E-state index contributed by atoms with van der Waals surface area (Å²) in [7, 11) is 0. The van der Waals surface area contributed by atoms with Crippen LogP contribution in [0.2, 0.25) is 0 Å². The average Bonchev–Trinajstić information content (AvgIpc) is 3.43. The van der Waals surface area contributed by atoms with Crippen molar-refractivity contribution in [3.8, 4) is 0 Å². The van der Waals surface area contributed by atoms with Gasteiger partial charge >= 0.3 is 5.97 Å². The molecule has 0 aliphatic carbocycles. The normalized spacial score (nSPS) is 11.7. The van der Waals surface area contributed by atoms with E-state index in [4.69, 9.17) is 5.11 Å². The summed E-state index contributed by atoms with van der Waals surface area (Å²) in [4.78, 5) is 31.5. The zero-order valence-corrected chi connectivity index (χ0v) is 30.0. The topological polar surface area (TPSA) is 73.7 Å². The van der Waals surface area contributed by atoms with Crippen molar-refractivity contribution in [3.05, 3.63) is 29.3 Å². The van der Waals surface area contributed by atoms with Crippen LogP contribution in [0, 0.1) is 0 Å². The van der Waals surface area contributed by atoms with Gasteiger partial charge in [-0.15, -0.1) is 24.0 Å². The van der Waals surface area contributed by atoms with Gasteiger partial charge in [0.1, 0.15) is 10.9 Å². The Balaban J connectivity index is 0.000000627. The molecule has 1 heterocycles. The number of aromatic nitrogens is 1. The highest BCUT2D eigenvalue weighted by Crippen LogP contribution is 2.30. The van der Waals surface area contributed by atoms with E-state index in [1.54, 1.807) is 0 Å². The quantitative estimate of drug-likeness (QED) is 0.125. The number of thiazole rings is 1. The Morgan fingerprint density at radius 3 is 1.40 bits per heavy atom. The van der Waals surface area contributed by atoms with Crippen molar-refractivity contribution in [3.63, 3.8) is 0 Å². The van der Waals surface area contributed by atoms with Gasteiger partial charge < -0.3 is 14.9 Å². The number of unbranched alkanes of at least 4 members (excludes halogenated alkanes) is 6. The highest BCUT2D eigenvalue weighted by atomic mass is 32.1. The molecule has 1 aromatic heterocycles. The Kier molecular flexibility index (Phi) is 27.1. The van der Waals surface area contributed by atoms with E-state index in [-0.39, 0.29) is 6.42 Å². The molecule has 1 N–H and O–H groups in total. The second kappa shape index (κ2) is 28.0. The third-order valence-corrected chi connectivity index (χ3v) is 8.59. The van der Waals surface area contributed by atoms with E-state index in [0.29, 0.717) is 5.01 Å². The van der Waals surface area contributed by atoms with Gasteiger partial charge in [-0.25, -0.2) is 4.98 Å². The summed E-state index contributed by atoms with van der Waals surface area (Å²) in [6.07, 6.45) is 16.0. The van der Waals surface area contributed by atoms with Crippen LogP contribution in [0.5, 0.6) is 0 Å². The number of fused-ring (bicyclic) bond motifs is 1. The number of thiol groups is 1. The Morgan fingerprint density at radius 1 is 0.721 bits per heavy atom. The maximum Gasteiger partial charge on any atom is 0.313 e. The molecule has 0 radical (unpaired) electrons. The van der Waals surface area contributed by atoms with E-state index in [0.717, 1.165) is 10.2 Å². The first kappa shape index (κ1) is 41.5. The minimum Gasteiger partial charge on any atom is -0.481 e. The molecule has 0 saturated carbocycles. The summed E-state index contributed by atoms with van der Waals surface area (Å²) in [6, 6.07) is 7.39. The number of hydrogen-bond donors (Lipinski definition) is 2. The number of carbonyl (C=O) groups is 2. The van der Waals surface area contributed by atoms with E-state index >= 15 is 0 Å². The van der Waals surface area contributed by atoms with Crippen LogP contribution < -0.4 is 0 Å². The molecule has 0 spiro atoms. The Morgan fingerprint density at radius 2 is 1.09 bits per heavy atom. The molecular formula is C35H63N3O3S2. The fourth-order valence-corrected chi connectivity index (χ4v) is 5.70. The van der Waals surface area contributed by atoms with Gasteiger partial charge in [-0.2, -0.15) is 0 Å². The summed E-state index contributed by atoms with van der Waals surface area (Å²) >= 11 is 4.92. The molecular weight excluding hydrogens is 575 g/mol. The Bertz CT molecular complexity index is 858. The number of carboxylic acid groups (broad SMARTS) is 1. The van der Waals surface area contributed by atoms with Crippen LogP contribution in [0.4, 0.5) is 0 Å². The number of carbonyl (C=O) groups excluding carboxylic acids is 1. The number of rotatable bonds is 22. The summed E-state index contributed by atoms with van der Waals surface area (Å²) in [5.41, 5.74) is 0.755. The molecule has 8 heteroatoms. The van der Waals surface area contributed by atoms with Crippen molar-refractivity contribution in [2.75, 3.05) is 39.3 Å². The fraction of sp³-hybridized carbons (Fsp3) is 0.743. The van der Waals surface area contributed by atoms with E-state index in [9.17, 15) is 9.59 Å². The molecule has 248 valence electrons. The lowest BCUT2D eigenvalue weighted by Crippen LogP contribution is -2.27. The zero-order chi connectivity index (χ0) is 32.3. The molecule has 0 fully saturated rings. The van der Waals surface area contributed by atoms with Gasteiger partial charge in [0.15, 0.2) is 5.12 Å². The molecule has 1 atom stereocenters. The van der Waals surface area contributed by atoms with Crippen molar-refractivity contribution < 1.29 is 14.7 Å². The van der Waals surface area contributed by atoms with Crippen LogP contribution in [0.25, 0.3) is 10.2 Å². The van der Waals surface area contributed by atoms with Gasteiger partial charge in [0.05, 0.1) is 10.2 Å². The summed E-state index contributed by atoms with van der Waals surface area (Å²) in [5, 5.41) is 9.08. The van der Waals surface area contributed by atoms with Crippen molar-refractivity contribution in [2.24, 2.45) is 0 Å². The number of hydrogen-bond acceptors (Lipinski definition) is 6. The van der Waals surface area contributed by atoms with E-state index < -0.39 is 17.0 Å². The number of carboxylic acids is 1. The van der Waals surface area contributed by atoms with Gasteiger partial charge in [0.25, 0.3) is 0 Å². The number of nitrogens with zero attached hydrogens (tertiary/aromatic N) is 3. The predicted octanol–water partition coefficient (Wildman–Crippen LogP) is 9.69. The third kappa shape index (κ3) is 21.0. The zero-order valence-electron chi connectivity index (χ0n) is 28.3. The molecule has 0 saturated heterocycles. The van der Waals surface area contributed by atoms with Gasteiger partial charge in [0.2, 0.25) is 0 Å². The van der Waals surface area contributed by atoms with Crippen LogP contribution >= 0.6 is 24.0 Å². The molecule has 0 amide bonds. The van der Waals surface area contributed by atoms with Gasteiger partial charge in [-0.1, -0.05) is 92.2 Å². The lowest BCUT2D eigenvalue weighted by Gasteiger charge is -2.21. The van der Waals surface area contributed by atoms with Crippen molar-refractivity contribution in [2.45, 2.75) is 131 Å². The lowest BCUT2D eigenvalue weighted by atomic mass is 10.1. The largest absolute Gasteiger partial charge is 0.481 e. The molecule has 0 aliphatic rings. The SMILES string of the molecule is CCCCN(CCCC)CCCC.CCCCN(CCCC)CCCC.O=C(S)CC(C(=O)O)c1nc2ccccc2s1. The van der Waals surface area contributed by atoms with Crippen LogP contribution in [-0.4, -0.2) is 70.2 Å². The molecule has 1 aromatic carbocycles. The predicted molar refractivity (Wildman–Crippen MR) is 191 cm³/mol. The smallest absolute Gasteiger partial charge is 0.313 e. The third-order valence-electron chi connectivity index (χ3n) is 7.25. The summed E-state index contributed by atoms with van der Waals surface area (Å²) in [5.74, 6) is -1.95. The second-order valence-electron chi connectivity index (χ2n) is 11.3. The van der Waals surface area contributed by atoms with Crippen LogP contribution in [0.15, 0.2) is 24.3 Å². The van der Waals surface area contributed by atoms with E-state index in [1.807, 2.05) is 24.3 Å². The highest BCUT2D eigenvalue weighted by Gasteiger charge is 2.25. The van der Waals surface area contributed by atoms with Gasteiger partial charge in [-0.3, -0.25) is 9.59 Å². The molecule has 6 nitrogen and oxygen atoms in total. The standard InChI is InChI=1S/2C12H27N.C11H9NO3S2/c2*1-4-7-10-13(11-8-5-2)12-9-6-3;13-9(16)5-6(11(14)15)10-12-7-3-1-2-4-8(7)17-10/h2*4-12H2,1-3H3;1-4,6H,5H2,(H,13,16)(H,14,15).